The van der Waals surface area contributed by atoms with Gasteiger partial charge in [0.2, 0.25) is 0 Å². The molecule has 0 unspecified atom stereocenters. The van der Waals surface area contributed by atoms with E-state index < -0.39 is 0 Å². The summed E-state index contributed by atoms with van der Waals surface area (Å²) >= 11 is 5.58. The first-order valence-electron chi connectivity index (χ1n) is 5.00. The Morgan fingerprint density at radius 2 is 2.00 bits per heavy atom. The molecule has 0 aliphatic heterocycles. The number of benzene rings is 1. The normalized spacial score (nSPS) is 10.2. The maximum absolute atomic E-state index is 5.64. The molecule has 0 aliphatic carbocycles. The molecule has 0 heterocycles. The highest BCUT2D eigenvalue weighted by Gasteiger charge is 1.98. The highest BCUT2D eigenvalue weighted by atomic mass is 35.5. The lowest BCUT2D eigenvalue weighted by Gasteiger charge is -2.08. The molecule has 0 fully saturated rings. The molecule has 0 radical (unpaired) electrons. The summed E-state index contributed by atoms with van der Waals surface area (Å²) in [7, 11) is 0. The minimum atomic E-state index is 0.718. The summed E-state index contributed by atoms with van der Waals surface area (Å²) in [4.78, 5) is 0. The highest BCUT2D eigenvalue weighted by Crippen LogP contribution is 2.18. The van der Waals surface area contributed by atoms with Gasteiger partial charge in [-0.2, -0.15) is 0 Å². The van der Waals surface area contributed by atoms with Crippen LogP contribution >= 0.6 is 11.6 Å². The number of rotatable bonds is 5. The molecule has 1 rings (SSSR count). The summed E-state index contributed by atoms with van der Waals surface area (Å²) in [6.45, 7) is 4.92. The van der Waals surface area contributed by atoms with Gasteiger partial charge in [0, 0.05) is 5.88 Å². The third kappa shape index (κ3) is 3.59. The summed E-state index contributed by atoms with van der Waals surface area (Å²) in [5, 5.41) is 0. The van der Waals surface area contributed by atoms with E-state index in [1.165, 1.54) is 11.1 Å². The first-order chi connectivity index (χ1) is 6.74. The molecule has 0 spiro atoms. The van der Waals surface area contributed by atoms with Crippen molar-refractivity contribution in [2.45, 2.75) is 26.7 Å². The van der Waals surface area contributed by atoms with Gasteiger partial charge in [-0.1, -0.05) is 17.7 Å². The summed E-state index contributed by atoms with van der Waals surface area (Å²) < 4.78 is 5.64. The van der Waals surface area contributed by atoms with Gasteiger partial charge in [0.25, 0.3) is 0 Å². The fourth-order valence-corrected chi connectivity index (χ4v) is 1.53. The Balaban J connectivity index is 2.42. The van der Waals surface area contributed by atoms with Crippen molar-refractivity contribution in [3.8, 4) is 5.75 Å². The molecule has 78 valence electrons. The van der Waals surface area contributed by atoms with Gasteiger partial charge in [-0.05, 0) is 38.3 Å². The average molecular weight is 213 g/mol. The SMILES string of the molecule is Cc1ccc(OCCCCCl)c(C)c1. The lowest BCUT2D eigenvalue weighted by atomic mass is 10.1. The van der Waals surface area contributed by atoms with Crippen LogP contribution < -0.4 is 4.74 Å². The molecule has 0 saturated carbocycles. The molecular weight excluding hydrogens is 196 g/mol. The van der Waals surface area contributed by atoms with Gasteiger partial charge in [0.05, 0.1) is 6.61 Å². The molecule has 14 heavy (non-hydrogen) atoms. The molecule has 0 amide bonds. The first-order valence-corrected chi connectivity index (χ1v) is 5.53. The molecule has 2 heteroatoms. The predicted molar refractivity (Wildman–Crippen MR) is 61.4 cm³/mol. The second kappa shape index (κ2) is 5.92. The quantitative estimate of drug-likeness (QED) is 0.534. The fraction of sp³-hybridized carbons (Fsp3) is 0.500. The number of aryl methyl sites for hydroxylation is 2. The van der Waals surface area contributed by atoms with Crippen LogP contribution in [0.15, 0.2) is 18.2 Å². The monoisotopic (exact) mass is 212 g/mol. The Kier molecular flexibility index (Phi) is 4.81. The Morgan fingerprint density at radius 1 is 1.21 bits per heavy atom. The number of unbranched alkanes of at least 4 members (excludes halogenated alkanes) is 1. The van der Waals surface area contributed by atoms with Gasteiger partial charge < -0.3 is 4.74 Å². The molecule has 0 saturated heterocycles. The number of ether oxygens (including phenoxy) is 1. The first kappa shape index (κ1) is 11.4. The van der Waals surface area contributed by atoms with Gasteiger partial charge in [0.15, 0.2) is 0 Å². The Labute approximate surface area is 91.0 Å². The fourth-order valence-electron chi connectivity index (χ4n) is 1.34. The predicted octanol–water partition coefficient (Wildman–Crippen LogP) is 3.70. The van der Waals surface area contributed by atoms with Gasteiger partial charge in [-0.15, -0.1) is 11.6 Å². The summed E-state index contributed by atoms with van der Waals surface area (Å²) in [5.41, 5.74) is 2.48. The van der Waals surface area contributed by atoms with Gasteiger partial charge in [-0.3, -0.25) is 0 Å². The van der Waals surface area contributed by atoms with E-state index in [2.05, 4.69) is 26.0 Å². The number of hydrogen-bond donors (Lipinski definition) is 0. The van der Waals surface area contributed by atoms with Crippen molar-refractivity contribution < 1.29 is 4.74 Å². The van der Waals surface area contributed by atoms with E-state index in [9.17, 15) is 0 Å². The molecule has 1 aromatic rings. The molecule has 0 aliphatic rings. The van der Waals surface area contributed by atoms with Crippen LogP contribution in [-0.2, 0) is 0 Å². The second-order valence-electron chi connectivity index (χ2n) is 3.51. The lowest BCUT2D eigenvalue weighted by molar-refractivity contribution is 0.307. The van der Waals surface area contributed by atoms with Crippen LogP contribution in [0.5, 0.6) is 5.75 Å². The van der Waals surface area contributed by atoms with E-state index in [-0.39, 0.29) is 0 Å². The Hall–Kier alpha value is -0.690. The largest absolute Gasteiger partial charge is 0.493 e. The van der Waals surface area contributed by atoms with E-state index in [4.69, 9.17) is 16.3 Å². The van der Waals surface area contributed by atoms with Crippen LogP contribution in [0.4, 0.5) is 0 Å². The topological polar surface area (TPSA) is 9.23 Å². The van der Waals surface area contributed by atoms with E-state index in [0.29, 0.717) is 0 Å². The van der Waals surface area contributed by atoms with E-state index >= 15 is 0 Å². The summed E-state index contributed by atoms with van der Waals surface area (Å²) in [5.74, 6) is 1.71. The van der Waals surface area contributed by atoms with E-state index in [1.54, 1.807) is 0 Å². The van der Waals surface area contributed by atoms with Crippen molar-refractivity contribution in [3.63, 3.8) is 0 Å². The van der Waals surface area contributed by atoms with Gasteiger partial charge in [-0.25, -0.2) is 0 Å². The molecule has 0 bridgehead atoms. The van der Waals surface area contributed by atoms with Crippen molar-refractivity contribution in [1.82, 2.24) is 0 Å². The maximum Gasteiger partial charge on any atom is 0.122 e. The number of hydrogen-bond acceptors (Lipinski definition) is 1. The summed E-state index contributed by atoms with van der Waals surface area (Å²) in [6, 6.07) is 6.24. The minimum Gasteiger partial charge on any atom is -0.493 e. The summed E-state index contributed by atoms with van der Waals surface area (Å²) in [6.07, 6.45) is 2.04. The minimum absolute atomic E-state index is 0.718. The van der Waals surface area contributed by atoms with Crippen LogP contribution in [0.1, 0.15) is 24.0 Å². The zero-order valence-corrected chi connectivity index (χ0v) is 9.60. The third-order valence-corrected chi connectivity index (χ3v) is 2.38. The molecule has 0 N–H and O–H groups in total. The van der Waals surface area contributed by atoms with Crippen LogP contribution in [0.3, 0.4) is 0 Å². The smallest absolute Gasteiger partial charge is 0.122 e. The highest BCUT2D eigenvalue weighted by molar-refractivity contribution is 6.17. The van der Waals surface area contributed by atoms with E-state index in [0.717, 1.165) is 31.1 Å². The zero-order valence-electron chi connectivity index (χ0n) is 8.85. The van der Waals surface area contributed by atoms with Crippen LogP contribution in [-0.4, -0.2) is 12.5 Å². The van der Waals surface area contributed by atoms with Crippen molar-refractivity contribution in [2.75, 3.05) is 12.5 Å². The van der Waals surface area contributed by atoms with Crippen molar-refractivity contribution in [1.29, 1.82) is 0 Å². The molecule has 1 nitrogen and oxygen atoms in total. The Bertz CT molecular complexity index is 284. The number of alkyl halides is 1. The maximum atomic E-state index is 5.64. The third-order valence-electron chi connectivity index (χ3n) is 2.12. The van der Waals surface area contributed by atoms with Crippen molar-refractivity contribution >= 4 is 11.6 Å². The molecule has 0 aromatic heterocycles. The standard InChI is InChI=1S/C12H17ClO/c1-10-5-6-12(11(2)9-10)14-8-4-3-7-13/h5-6,9H,3-4,7-8H2,1-2H3. The van der Waals surface area contributed by atoms with E-state index in [1.807, 2.05) is 6.07 Å². The van der Waals surface area contributed by atoms with Crippen molar-refractivity contribution in [2.24, 2.45) is 0 Å². The second-order valence-corrected chi connectivity index (χ2v) is 3.89. The van der Waals surface area contributed by atoms with Crippen LogP contribution in [0.25, 0.3) is 0 Å². The van der Waals surface area contributed by atoms with Gasteiger partial charge in [0.1, 0.15) is 5.75 Å². The van der Waals surface area contributed by atoms with Gasteiger partial charge >= 0.3 is 0 Å². The van der Waals surface area contributed by atoms with Crippen LogP contribution in [0.2, 0.25) is 0 Å². The van der Waals surface area contributed by atoms with Crippen LogP contribution in [0, 0.1) is 13.8 Å². The lowest BCUT2D eigenvalue weighted by Crippen LogP contribution is -1.99. The Morgan fingerprint density at radius 3 is 2.64 bits per heavy atom. The van der Waals surface area contributed by atoms with Crippen molar-refractivity contribution in [3.05, 3.63) is 29.3 Å². The molecular formula is C12H17ClO. The average Bonchev–Trinajstić information content (AvgIpc) is 2.15. The zero-order chi connectivity index (χ0) is 10.4. The number of halogens is 1. The molecule has 0 atom stereocenters. The molecule has 1 aromatic carbocycles.